The first kappa shape index (κ1) is 26.4. The number of carbonyl (C=O) groups is 2. The lowest BCUT2D eigenvalue weighted by atomic mass is 10.0. The zero-order valence-electron chi connectivity index (χ0n) is 22.3. The maximum Gasteiger partial charge on any atom is 0.272 e. The molecule has 4 heterocycles. The largest absolute Gasteiger partial charge is 0.378 e. The second-order valence-electron chi connectivity index (χ2n) is 10.5. The molecule has 8 nitrogen and oxygen atoms in total. The molecule has 0 aliphatic carbocycles. The molecule has 0 radical (unpaired) electrons. The van der Waals surface area contributed by atoms with Crippen LogP contribution in [0.5, 0.6) is 0 Å². The molecule has 202 valence electrons. The molecule has 5 rings (SSSR count). The van der Waals surface area contributed by atoms with Gasteiger partial charge in [0.25, 0.3) is 11.7 Å². The van der Waals surface area contributed by atoms with Crippen LogP contribution in [0.3, 0.4) is 0 Å². The zero-order valence-corrected chi connectivity index (χ0v) is 22.3. The molecule has 2 aromatic heterocycles. The summed E-state index contributed by atoms with van der Waals surface area (Å²) in [4.78, 5) is 36.7. The van der Waals surface area contributed by atoms with E-state index in [0.717, 1.165) is 63.8 Å². The van der Waals surface area contributed by atoms with Gasteiger partial charge in [0, 0.05) is 37.7 Å². The third-order valence-corrected chi connectivity index (χ3v) is 7.73. The predicted molar refractivity (Wildman–Crippen MR) is 141 cm³/mol. The fourth-order valence-electron chi connectivity index (χ4n) is 5.49. The first-order valence-electron chi connectivity index (χ1n) is 13.9. The molecule has 2 atom stereocenters. The van der Waals surface area contributed by atoms with Gasteiger partial charge in [-0.25, -0.2) is 13.9 Å². The number of Topliss-reactive ketones (excluding diaryl/α,β-unsaturated/α-hetero) is 1. The highest BCUT2D eigenvalue weighted by atomic mass is 19.1. The van der Waals surface area contributed by atoms with Crippen LogP contribution in [-0.2, 0) is 22.4 Å². The fourth-order valence-corrected chi connectivity index (χ4v) is 5.49. The second-order valence-corrected chi connectivity index (χ2v) is 10.5. The highest BCUT2D eigenvalue weighted by molar-refractivity contribution is 5.93. The van der Waals surface area contributed by atoms with Gasteiger partial charge in [0.1, 0.15) is 17.3 Å². The Balaban J connectivity index is 1.35. The number of halogens is 1. The second kappa shape index (κ2) is 11.7. The number of aromatic nitrogens is 4. The number of amides is 1. The van der Waals surface area contributed by atoms with Crippen LogP contribution in [0, 0.1) is 5.82 Å². The lowest BCUT2D eigenvalue weighted by Gasteiger charge is -2.26. The summed E-state index contributed by atoms with van der Waals surface area (Å²) in [6.07, 6.45) is 8.41. The van der Waals surface area contributed by atoms with Gasteiger partial charge in [-0.3, -0.25) is 9.59 Å². The van der Waals surface area contributed by atoms with Crippen molar-refractivity contribution in [3.8, 4) is 11.4 Å². The number of rotatable bonds is 8. The molecule has 2 saturated heterocycles. The Kier molecular flexibility index (Phi) is 8.12. The molecule has 2 unspecified atom stereocenters. The maximum atomic E-state index is 15.2. The Morgan fingerprint density at radius 1 is 1.11 bits per heavy atom. The zero-order chi connectivity index (χ0) is 26.6. The topological polar surface area (TPSA) is 89.7 Å². The van der Waals surface area contributed by atoms with E-state index in [2.05, 4.69) is 22.0 Å². The fraction of sp³-hybridized carbons (Fsp3) is 0.552. The smallest absolute Gasteiger partial charge is 0.272 e. The third kappa shape index (κ3) is 5.77. The van der Waals surface area contributed by atoms with Crippen molar-refractivity contribution in [2.24, 2.45) is 0 Å². The quantitative estimate of drug-likeness (QED) is 0.416. The molecule has 1 aromatic carbocycles. The van der Waals surface area contributed by atoms with Gasteiger partial charge in [0.05, 0.1) is 11.7 Å². The van der Waals surface area contributed by atoms with Crippen molar-refractivity contribution in [1.29, 1.82) is 0 Å². The van der Waals surface area contributed by atoms with Crippen molar-refractivity contribution >= 4 is 17.5 Å². The molecule has 9 heteroatoms. The average molecular weight is 522 g/mol. The summed E-state index contributed by atoms with van der Waals surface area (Å²) < 4.78 is 22.3. The van der Waals surface area contributed by atoms with Gasteiger partial charge in [-0.1, -0.05) is 25.8 Å². The predicted octanol–water partition coefficient (Wildman–Crippen LogP) is 4.97. The number of likely N-dealkylation sites (tertiary alicyclic amines) is 1. The summed E-state index contributed by atoms with van der Waals surface area (Å²) in [7, 11) is 0. The summed E-state index contributed by atoms with van der Waals surface area (Å²) >= 11 is 0. The van der Waals surface area contributed by atoms with Gasteiger partial charge >= 0.3 is 0 Å². The first-order chi connectivity index (χ1) is 18.4. The summed E-state index contributed by atoms with van der Waals surface area (Å²) in [6, 6.07) is 6.68. The number of ether oxygens (including phenoxy) is 1. The van der Waals surface area contributed by atoms with E-state index in [-0.39, 0.29) is 47.4 Å². The number of benzene rings is 1. The van der Waals surface area contributed by atoms with Crippen molar-refractivity contribution in [3.05, 3.63) is 47.0 Å². The van der Waals surface area contributed by atoms with Crippen molar-refractivity contribution < 1.29 is 18.7 Å². The maximum absolute atomic E-state index is 15.2. The molecular weight excluding hydrogens is 485 g/mol. The Bertz CT molecular complexity index is 1320. The summed E-state index contributed by atoms with van der Waals surface area (Å²) in [5.74, 6) is -0.0307. The molecule has 2 aliphatic heterocycles. The van der Waals surface area contributed by atoms with E-state index in [0.29, 0.717) is 24.1 Å². The van der Waals surface area contributed by atoms with E-state index in [1.54, 1.807) is 22.7 Å². The summed E-state index contributed by atoms with van der Waals surface area (Å²) in [5, 5.41) is 4.52. The molecule has 3 aromatic rings. The van der Waals surface area contributed by atoms with E-state index in [1.165, 1.54) is 6.07 Å². The number of fused-ring (bicyclic) bond motifs is 1. The number of carbonyl (C=O) groups excluding carboxylic acids is 2. The van der Waals surface area contributed by atoms with Gasteiger partial charge in [-0.2, -0.15) is 4.98 Å². The van der Waals surface area contributed by atoms with Crippen LogP contribution >= 0.6 is 0 Å². The highest BCUT2D eigenvalue weighted by Gasteiger charge is 2.26. The van der Waals surface area contributed by atoms with Crippen LogP contribution in [0.25, 0.3) is 17.2 Å². The number of nitrogens with zero attached hydrogens (tertiary/aromatic N) is 5. The van der Waals surface area contributed by atoms with E-state index in [9.17, 15) is 9.59 Å². The van der Waals surface area contributed by atoms with Crippen LogP contribution in [0.4, 0.5) is 4.39 Å². The summed E-state index contributed by atoms with van der Waals surface area (Å²) in [5.41, 5.74) is 1.99. The Hall–Kier alpha value is -3.20. The molecular formula is C29H36FN5O3. The van der Waals surface area contributed by atoms with Crippen molar-refractivity contribution in [1.82, 2.24) is 24.5 Å². The van der Waals surface area contributed by atoms with E-state index in [1.807, 2.05) is 11.8 Å². The number of aryl methyl sites for hydroxylation is 1. The Labute approximate surface area is 222 Å². The number of ketones is 1. The molecule has 0 saturated carbocycles. The van der Waals surface area contributed by atoms with Gasteiger partial charge in [-0.05, 0) is 69.2 Å². The lowest BCUT2D eigenvalue weighted by molar-refractivity contribution is -0.119. The molecule has 0 N–H and O–H groups in total. The van der Waals surface area contributed by atoms with Crippen LogP contribution in [0.15, 0.2) is 24.3 Å². The van der Waals surface area contributed by atoms with Gasteiger partial charge in [-0.15, -0.1) is 5.10 Å². The molecule has 2 aliphatic rings. The SMILES string of the molecule is CCc1cc(C(=O)N2CCCCCC2C)nc2nc(-c3ccc(CC(=O)CCC4CCCO4)cc3F)nn12. The molecule has 0 spiro atoms. The average Bonchev–Trinajstić information content (AvgIpc) is 3.53. The van der Waals surface area contributed by atoms with Crippen LogP contribution in [0.1, 0.15) is 87.0 Å². The minimum atomic E-state index is -0.488. The van der Waals surface area contributed by atoms with Crippen LogP contribution in [0.2, 0.25) is 0 Å². The summed E-state index contributed by atoms with van der Waals surface area (Å²) in [6.45, 7) is 5.56. The number of hydrogen-bond donors (Lipinski definition) is 0. The van der Waals surface area contributed by atoms with Gasteiger partial charge in [0.15, 0.2) is 5.82 Å². The minimum Gasteiger partial charge on any atom is -0.378 e. The van der Waals surface area contributed by atoms with E-state index >= 15 is 4.39 Å². The lowest BCUT2D eigenvalue weighted by Crippen LogP contribution is -2.38. The Morgan fingerprint density at radius 3 is 2.74 bits per heavy atom. The normalized spacial score (nSPS) is 20.1. The molecule has 1 amide bonds. The first-order valence-corrected chi connectivity index (χ1v) is 13.9. The van der Waals surface area contributed by atoms with Crippen molar-refractivity contribution in [3.63, 3.8) is 0 Å². The van der Waals surface area contributed by atoms with Crippen LogP contribution < -0.4 is 0 Å². The van der Waals surface area contributed by atoms with Crippen LogP contribution in [-0.4, -0.2) is 61.5 Å². The standard InChI is InChI=1S/C29H36FN5O3/c1-3-21-18-26(28(37)34-14-6-4-5-8-19(34)2)31-29-32-27(33-35(21)29)24-13-10-20(17-25(24)30)16-22(36)11-12-23-9-7-15-38-23/h10,13,17-19,23H,3-9,11-12,14-16H2,1-2H3. The number of hydrogen-bond acceptors (Lipinski definition) is 6. The molecule has 38 heavy (non-hydrogen) atoms. The van der Waals surface area contributed by atoms with E-state index in [4.69, 9.17) is 4.74 Å². The molecule has 0 bridgehead atoms. The van der Waals surface area contributed by atoms with Crippen molar-refractivity contribution in [2.75, 3.05) is 13.2 Å². The van der Waals surface area contributed by atoms with Gasteiger partial charge < -0.3 is 9.64 Å². The third-order valence-electron chi connectivity index (χ3n) is 7.73. The van der Waals surface area contributed by atoms with Gasteiger partial charge in [0.2, 0.25) is 0 Å². The Morgan fingerprint density at radius 2 is 1.97 bits per heavy atom. The molecule has 2 fully saturated rings. The van der Waals surface area contributed by atoms with E-state index < -0.39 is 5.82 Å². The highest BCUT2D eigenvalue weighted by Crippen LogP contribution is 2.24. The minimum absolute atomic E-state index is 0.0752. The van der Waals surface area contributed by atoms with Crippen molar-refractivity contribution in [2.45, 2.75) is 90.2 Å². The monoisotopic (exact) mass is 521 g/mol.